The van der Waals surface area contributed by atoms with Crippen molar-refractivity contribution in [2.45, 2.75) is 37.1 Å². The number of carboxylic acids is 1. The summed E-state index contributed by atoms with van der Waals surface area (Å²) in [5.74, 6) is -0.553. The number of carbonyl (C=O) groups is 2. The van der Waals surface area contributed by atoms with Gasteiger partial charge in [0, 0.05) is 25.2 Å². The number of rotatable bonds is 9. The largest absolute Gasteiger partial charge is 0.480 e. The third kappa shape index (κ3) is 5.65. The highest BCUT2D eigenvalue weighted by Crippen LogP contribution is 2.25. The van der Waals surface area contributed by atoms with Gasteiger partial charge in [0.2, 0.25) is 10.0 Å². The number of hydrogen-bond donors (Lipinski definition) is 2. The molecule has 1 saturated heterocycles. The van der Waals surface area contributed by atoms with E-state index in [1.165, 1.54) is 12.1 Å². The molecule has 2 heterocycles. The molecule has 2 aliphatic rings. The van der Waals surface area contributed by atoms with Gasteiger partial charge in [0.1, 0.15) is 6.54 Å². The van der Waals surface area contributed by atoms with E-state index in [1.807, 2.05) is 11.0 Å². The van der Waals surface area contributed by atoms with Gasteiger partial charge in [0.05, 0.1) is 4.90 Å². The molecule has 1 amide bonds. The van der Waals surface area contributed by atoms with Crippen LogP contribution >= 0.6 is 0 Å². The maximum absolute atomic E-state index is 13.1. The standard InChI is InChI=1S/C25H31N3O5S/c29-24(30)18-28(34(32,33)22-4-2-1-3-5-22)17-20-6-7-23-21(16-20)11-15-27(25(23)31)14-10-19-8-12-26-13-9-19/h1-7,16,19,26H,8-15,17-18H2,(H,29,30). The zero-order chi connectivity index (χ0) is 24.1. The highest BCUT2D eigenvalue weighted by atomic mass is 32.2. The Balaban J connectivity index is 1.47. The molecule has 4 rings (SSSR count). The summed E-state index contributed by atoms with van der Waals surface area (Å²) in [5, 5.41) is 12.7. The van der Waals surface area contributed by atoms with E-state index in [-0.39, 0.29) is 17.3 Å². The summed E-state index contributed by atoms with van der Waals surface area (Å²) in [6.07, 6.45) is 4.02. The number of fused-ring (bicyclic) bond motifs is 1. The normalized spacial score (nSPS) is 17.1. The van der Waals surface area contributed by atoms with E-state index in [2.05, 4.69) is 5.32 Å². The minimum absolute atomic E-state index is 0.0148. The smallest absolute Gasteiger partial charge is 0.318 e. The maximum Gasteiger partial charge on any atom is 0.318 e. The second-order valence-corrected chi connectivity index (χ2v) is 10.9. The molecule has 2 N–H and O–H groups in total. The lowest BCUT2D eigenvalue weighted by Crippen LogP contribution is -2.40. The molecule has 0 radical (unpaired) electrons. The molecule has 2 aromatic rings. The lowest BCUT2D eigenvalue weighted by molar-refractivity contribution is -0.137. The van der Waals surface area contributed by atoms with Crippen LogP contribution in [0.1, 0.15) is 40.7 Å². The second-order valence-electron chi connectivity index (χ2n) is 9.00. The van der Waals surface area contributed by atoms with Crippen molar-refractivity contribution >= 4 is 21.9 Å². The molecule has 2 aliphatic heterocycles. The van der Waals surface area contributed by atoms with Crippen molar-refractivity contribution < 1.29 is 23.1 Å². The van der Waals surface area contributed by atoms with Crippen molar-refractivity contribution in [1.82, 2.24) is 14.5 Å². The number of benzene rings is 2. The van der Waals surface area contributed by atoms with E-state index < -0.39 is 22.5 Å². The number of carboxylic acid groups (broad SMARTS) is 1. The van der Waals surface area contributed by atoms with Crippen LogP contribution in [0.25, 0.3) is 0 Å². The highest BCUT2D eigenvalue weighted by Gasteiger charge is 2.29. The molecule has 0 saturated carbocycles. The maximum atomic E-state index is 13.1. The van der Waals surface area contributed by atoms with Gasteiger partial charge >= 0.3 is 5.97 Å². The summed E-state index contributed by atoms with van der Waals surface area (Å²) in [6.45, 7) is 2.77. The van der Waals surface area contributed by atoms with Crippen LogP contribution in [0.2, 0.25) is 0 Å². The first-order valence-corrected chi connectivity index (χ1v) is 13.2. The molecule has 0 spiro atoms. The third-order valence-corrected chi connectivity index (χ3v) is 8.46. The third-order valence-electron chi connectivity index (χ3n) is 6.66. The van der Waals surface area contributed by atoms with Crippen LogP contribution < -0.4 is 5.32 Å². The molecule has 0 bridgehead atoms. The van der Waals surface area contributed by atoms with Crippen LogP contribution in [0.15, 0.2) is 53.4 Å². The van der Waals surface area contributed by atoms with Gasteiger partial charge in [0.15, 0.2) is 0 Å². The fourth-order valence-electron chi connectivity index (χ4n) is 4.73. The predicted octanol–water partition coefficient (Wildman–Crippen LogP) is 2.35. The van der Waals surface area contributed by atoms with Gasteiger partial charge in [-0.2, -0.15) is 4.31 Å². The topological polar surface area (TPSA) is 107 Å². The van der Waals surface area contributed by atoms with Crippen molar-refractivity contribution in [2.24, 2.45) is 5.92 Å². The summed E-state index contributed by atoms with van der Waals surface area (Å²) in [4.78, 5) is 26.4. The summed E-state index contributed by atoms with van der Waals surface area (Å²) in [7, 11) is -3.98. The fraction of sp³-hybridized carbons (Fsp3) is 0.440. The lowest BCUT2D eigenvalue weighted by atomic mass is 9.93. The molecule has 0 unspecified atom stereocenters. The first-order chi connectivity index (χ1) is 16.3. The van der Waals surface area contributed by atoms with Crippen molar-refractivity contribution in [2.75, 3.05) is 32.7 Å². The minimum atomic E-state index is -3.98. The Morgan fingerprint density at radius 2 is 1.85 bits per heavy atom. The highest BCUT2D eigenvalue weighted by molar-refractivity contribution is 7.89. The summed E-state index contributed by atoms with van der Waals surface area (Å²) in [5.41, 5.74) is 2.19. The number of hydrogen-bond acceptors (Lipinski definition) is 5. The average molecular weight is 486 g/mol. The Kier molecular flexibility index (Phi) is 7.65. The molecule has 8 nitrogen and oxygen atoms in total. The van der Waals surface area contributed by atoms with Crippen molar-refractivity contribution in [3.8, 4) is 0 Å². The van der Waals surface area contributed by atoms with E-state index in [9.17, 15) is 23.1 Å². The predicted molar refractivity (Wildman–Crippen MR) is 128 cm³/mol. The van der Waals surface area contributed by atoms with Gasteiger partial charge in [-0.3, -0.25) is 9.59 Å². The minimum Gasteiger partial charge on any atom is -0.480 e. The van der Waals surface area contributed by atoms with Gasteiger partial charge in [-0.25, -0.2) is 8.42 Å². The molecule has 1 fully saturated rings. The van der Waals surface area contributed by atoms with Crippen LogP contribution in [0.3, 0.4) is 0 Å². The fourth-order valence-corrected chi connectivity index (χ4v) is 6.13. The number of piperidine rings is 1. The Morgan fingerprint density at radius 3 is 2.56 bits per heavy atom. The van der Waals surface area contributed by atoms with E-state index in [1.54, 1.807) is 30.3 Å². The van der Waals surface area contributed by atoms with Crippen LogP contribution in [0.4, 0.5) is 0 Å². The summed E-state index contributed by atoms with van der Waals surface area (Å²) >= 11 is 0. The molecule has 0 atom stereocenters. The Morgan fingerprint density at radius 1 is 1.12 bits per heavy atom. The zero-order valence-corrected chi connectivity index (χ0v) is 20.0. The lowest BCUT2D eigenvalue weighted by Gasteiger charge is -2.31. The van der Waals surface area contributed by atoms with Gasteiger partial charge in [0.25, 0.3) is 5.91 Å². The molecular formula is C25H31N3O5S. The number of carbonyl (C=O) groups excluding carboxylic acids is 1. The Hall–Kier alpha value is -2.75. The number of nitrogens with one attached hydrogen (secondary N) is 1. The van der Waals surface area contributed by atoms with E-state index >= 15 is 0 Å². The molecule has 9 heteroatoms. The first kappa shape index (κ1) is 24.4. The first-order valence-electron chi connectivity index (χ1n) is 11.7. The van der Waals surface area contributed by atoms with E-state index in [0.717, 1.165) is 48.8 Å². The summed E-state index contributed by atoms with van der Waals surface area (Å²) < 4.78 is 27.1. The Labute approximate surface area is 200 Å². The second kappa shape index (κ2) is 10.7. The van der Waals surface area contributed by atoms with Gasteiger partial charge in [-0.15, -0.1) is 0 Å². The van der Waals surface area contributed by atoms with Crippen LogP contribution in [0.5, 0.6) is 0 Å². The van der Waals surface area contributed by atoms with Gasteiger partial charge < -0.3 is 15.3 Å². The van der Waals surface area contributed by atoms with Gasteiger partial charge in [-0.1, -0.05) is 30.3 Å². The van der Waals surface area contributed by atoms with E-state index in [0.29, 0.717) is 30.0 Å². The molecular weight excluding hydrogens is 454 g/mol. The number of aliphatic carboxylic acids is 1. The molecule has 182 valence electrons. The van der Waals surface area contributed by atoms with Crippen LogP contribution in [-0.4, -0.2) is 67.3 Å². The van der Waals surface area contributed by atoms with Crippen LogP contribution in [-0.2, 0) is 27.8 Å². The summed E-state index contributed by atoms with van der Waals surface area (Å²) in [6, 6.07) is 13.1. The quantitative estimate of drug-likeness (QED) is 0.565. The van der Waals surface area contributed by atoms with Gasteiger partial charge in [-0.05, 0) is 74.0 Å². The molecule has 0 aromatic heterocycles. The van der Waals surface area contributed by atoms with Crippen molar-refractivity contribution in [3.05, 3.63) is 65.2 Å². The SMILES string of the molecule is O=C(O)CN(Cc1ccc2c(c1)CCN(CCC1CCNCC1)C2=O)S(=O)(=O)c1ccccc1. The molecule has 0 aliphatic carbocycles. The zero-order valence-electron chi connectivity index (χ0n) is 19.2. The Bertz CT molecular complexity index is 1130. The molecule has 34 heavy (non-hydrogen) atoms. The molecule has 2 aromatic carbocycles. The monoisotopic (exact) mass is 485 g/mol. The number of nitrogens with zero attached hydrogens (tertiary/aromatic N) is 2. The van der Waals surface area contributed by atoms with E-state index in [4.69, 9.17) is 0 Å². The average Bonchev–Trinajstić information content (AvgIpc) is 2.84. The van der Waals surface area contributed by atoms with Crippen LogP contribution in [0, 0.1) is 5.92 Å². The van der Waals surface area contributed by atoms with Crippen molar-refractivity contribution in [3.63, 3.8) is 0 Å². The number of amides is 1. The number of sulfonamides is 1. The van der Waals surface area contributed by atoms with Crippen molar-refractivity contribution in [1.29, 1.82) is 0 Å².